The quantitative estimate of drug-likeness (QED) is 0.391. The summed E-state index contributed by atoms with van der Waals surface area (Å²) in [6, 6.07) is 7.42. The molecule has 3 N–H and O–H groups in total. The highest BCUT2D eigenvalue weighted by Crippen LogP contribution is 2.21. The maximum atomic E-state index is 12.3. The molecule has 2 atom stereocenters. The number of hydrogen-bond donors (Lipinski definition) is 3. The number of carbonyl (C=O) groups excluding carboxylic acids is 2. The van der Waals surface area contributed by atoms with Crippen molar-refractivity contribution in [2.45, 2.75) is 33.1 Å². The lowest BCUT2D eigenvalue weighted by atomic mass is 9.88. The summed E-state index contributed by atoms with van der Waals surface area (Å²) in [4.78, 5) is 23.3. The van der Waals surface area contributed by atoms with E-state index in [1.165, 1.54) is 0 Å². The average molecular weight is 292 g/mol. The van der Waals surface area contributed by atoms with Crippen LogP contribution in [0.2, 0.25) is 0 Å². The van der Waals surface area contributed by atoms with E-state index < -0.39 is 0 Å². The van der Waals surface area contributed by atoms with Gasteiger partial charge in [0.1, 0.15) is 0 Å². The van der Waals surface area contributed by atoms with Crippen molar-refractivity contribution in [2.75, 3.05) is 12.4 Å². The zero-order valence-corrected chi connectivity index (χ0v) is 12.8. The molecule has 0 saturated carbocycles. The number of hydroxylamine groups is 1. The summed E-state index contributed by atoms with van der Waals surface area (Å²) < 4.78 is 0. The molecule has 1 aromatic rings. The molecule has 0 saturated heterocycles. The molecule has 5 heteroatoms. The van der Waals surface area contributed by atoms with Crippen molar-refractivity contribution in [3.8, 4) is 0 Å². The molecule has 0 fully saturated rings. The van der Waals surface area contributed by atoms with Gasteiger partial charge in [-0.15, -0.1) is 0 Å². The van der Waals surface area contributed by atoms with Crippen LogP contribution in [-0.4, -0.2) is 23.9 Å². The second kappa shape index (κ2) is 8.42. The Morgan fingerprint density at radius 1 is 1.19 bits per heavy atom. The minimum Gasteiger partial charge on any atom is -0.388 e. The average Bonchev–Trinajstić information content (AvgIpc) is 2.51. The summed E-state index contributed by atoms with van der Waals surface area (Å²) in [6.45, 7) is 3.93. The third-order valence-corrected chi connectivity index (χ3v) is 3.65. The van der Waals surface area contributed by atoms with E-state index in [9.17, 15) is 9.59 Å². The number of hydrogen-bond acceptors (Lipinski definition) is 4. The molecule has 0 bridgehead atoms. The van der Waals surface area contributed by atoms with E-state index in [-0.39, 0.29) is 29.9 Å². The Labute approximate surface area is 125 Å². The lowest BCUT2D eigenvalue weighted by Crippen LogP contribution is -2.20. The highest BCUT2D eigenvalue weighted by atomic mass is 16.5. The molecule has 0 aromatic heterocycles. The van der Waals surface area contributed by atoms with Gasteiger partial charge in [0.25, 0.3) is 0 Å². The first-order valence-electron chi connectivity index (χ1n) is 7.22. The molecular weight excluding hydrogens is 268 g/mol. The van der Waals surface area contributed by atoms with Crippen LogP contribution in [0.5, 0.6) is 0 Å². The van der Waals surface area contributed by atoms with Crippen molar-refractivity contribution < 1.29 is 14.8 Å². The number of benzene rings is 1. The van der Waals surface area contributed by atoms with Crippen molar-refractivity contribution in [2.24, 2.45) is 11.8 Å². The van der Waals surface area contributed by atoms with E-state index in [2.05, 4.69) is 5.32 Å². The van der Waals surface area contributed by atoms with E-state index in [1.807, 2.05) is 45.2 Å². The van der Waals surface area contributed by atoms with Crippen LogP contribution in [0.25, 0.3) is 0 Å². The lowest BCUT2D eigenvalue weighted by molar-refractivity contribution is -0.129. The fourth-order valence-corrected chi connectivity index (χ4v) is 2.35. The molecule has 0 spiro atoms. The predicted molar refractivity (Wildman–Crippen MR) is 82.4 cm³/mol. The fraction of sp³-hybridized carbons (Fsp3) is 0.500. The van der Waals surface area contributed by atoms with Gasteiger partial charge in [-0.3, -0.25) is 14.8 Å². The molecule has 1 rings (SSSR count). The summed E-state index contributed by atoms with van der Waals surface area (Å²) in [5.74, 6) is -0.102. The fourth-order valence-electron chi connectivity index (χ4n) is 2.35. The molecule has 5 nitrogen and oxygen atoms in total. The Morgan fingerprint density at radius 2 is 1.81 bits per heavy atom. The second-order valence-electron chi connectivity index (χ2n) is 5.51. The minimum atomic E-state index is -0.386. The van der Waals surface area contributed by atoms with Gasteiger partial charge in [-0.05, 0) is 43.0 Å². The summed E-state index contributed by atoms with van der Waals surface area (Å²) >= 11 is 0. The number of amides is 1. The first-order chi connectivity index (χ1) is 9.97. The predicted octanol–water partition coefficient (Wildman–Crippen LogP) is 2.86. The van der Waals surface area contributed by atoms with Gasteiger partial charge in [-0.1, -0.05) is 13.8 Å². The maximum Gasteiger partial charge on any atom is 0.243 e. The van der Waals surface area contributed by atoms with Crippen LogP contribution in [0, 0.1) is 11.8 Å². The van der Waals surface area contributed by atoms with Gasteiger partial charge in [0.15, 0.2) is 5.78 Å². The van der Waals surface area contributed by atoms with Crippen LogP contribution in [0.1, 0.15) is 43.5 Å². The summed E-state index contributed by atoms with van der Waals surface area (Å²) in [6.07, 6.45) is 1.66. The molecule has 1 aromatic carbocycles. The SMILES string of the molecule is CNc1ccc(C(=O)C(C)CC(C)CCC(=O)NO)cc1. The molecule has 0 aliphatic rings. The summed E-state index contributed by atoms with van der Waals surface area (Å²) in [5, 5.41) is 11.5. The number of rotatable bonds is 8. The highest BCUT2D eigenvalue weighted by molar-refractivity contribution is 5.97. The van der Waals surface area contributed by atoms with Crippen LogP contribution >= 0.6 is 0 Å². The molecule has 0 radical (unpaired) electrons. The topological polar surface area (TPSA) is 78.4 Å². The first-order valence-corrected chi connectivity index (χ1v) is 7.22. The maximum absolute atomic E-state index is 12.3. The van der Waals surface area contributed by atoms with Crippen LogP contribution < -0.4 is 10.8 Å². The largest absolute Gasteiger partial charge is 0.388 e. The van der Waals surface area contributed by atoms with Gasteiger partial charge in [-0.25, -0.2) is 5.48 Å². The van der Waals surface area contributed by atoms with Crippen molar-refractivity contribution in [1.82, 2.24) is 5.48 Å². The Morgan fingerprint density at radius 3 is 2.33 bits per heavy atom. The number of Topliss-reactive ketones (excluding diaryl/α,β-unsaturated/α-hetero) is 1. The Balaban J connectivity index is 2.51. The molecule has 116 valence electrons. The molecule has 2 unspecified atom stereocenters. The molecule has 0 aliphatic carbocycles. The molecule has 0 heterocycles. The van der Waals surface area contributed by atoms with Crippen molar-refractivity contribution >= 4 is 17.4 Å². The standard InChI is InChI=1S/C16H24N2O3/c1-11(4-9-15(19)18-21)10-12(2)16(20)13-5-7-14(17-3)8-6-13/h5-8,11-12,17,21H,4,9-10H2,1-3H3,(H,18,19). The van der Waals surface area contributed by atoms with Crippen molar-refractivity contribution in [1.29, 1.82) is 0 Å². The zero-order chi connectivity index (χ0) is 15.8. The Hall–Kier alpha value is -1.88. The molecular formula is C16H24N2O3. The van der Waals surface area contributed by atoms with E-state index in [1.54, 1.807) is 5.48 Å². The van der Waals surface area contributed by atoms with Gasteiger partial charge >= 0.3 is 0 Å². The molecule has 21 heavy (non-hydrogen) atoms. The van der Waals surface area contributed by atoms with E-state index in [4.69, 9.17) is 5.21 Å². The normalized spacial score (nSPS) is 13.3. The smallest absolute Gasteiger partial charge is 0.243 e. The first kappa shape index (κ1) is 17.2. The highest BCUT2D eigenvalue weighted by Gasteiger charge is 2.18. The van der Waals surface area contributed by atoms with E-state index in [0.29, 0.717) is 12.0 Å². The number of nitrogens with one attached hydrogen (secondary N) is 2. The van der Waals surface area contributed by atoms with E-state index in [0.717, 1.165) is 12.1 Å². The Bertz CT molecular complexity index is 471. The van der Waals surface area contributed by atoms with Crippen LogP contribution in [0.15, 0.2) is 24.3 Å². The van der Waals surface area contributed by atoms with Gasteiger partial charge in [0.05, 0.1) is 0 Å². The second-order valence-corrected chi connectivity index (χ2v) is 5.51. The molecule has 0 aliphatic heterocycles. The van der Waals surface area contributed by atoms with Gasteiger partial charge in [0.2, 0.25) is 5.91 Å². The minimum absolute atomic E-state index is 0.0855. The number of anilines is 1. The van der Waals surface area contributed by atoms with Gasteiger partial charge in [0, 0.05) is 30.6 Å². The van der Waals surface area contributed by atoms with Crippen LogP contribution in [0.4, 0.5) is 5.69 Å². The monoisotopic (exact) mass is 292 g/mol. The lowest BCUT2D eigenvalue weighted by Gasteiger charge is -2.16. The zero-order valence-electron chi connectivity index (χ0n) is 12.8. The van der Waals surface area contributed by atoms with Crippen LogP contribution in [0.3, 0.4) is 0 Å². The molecule has 1 amide bonds. The Kier molecular flexibility index (Phi) is 6.88. The summed E-state index contributed by atoms with van der Waals surface area (Å²) in [7, 11) is 1.84. The van der Waals surface area contributed by atoms with Crippen molar-refractivity contribution in [3.05, 3.63) is 29.8 Å². The third-order valence-electron chi connectivity index (χ3n) is 3.65. The van der Waals surface area contributed by atoms with Gasteiger partial charge < -0.3 is 5.32 Å². The number of ketones is 1. The summed E-state index contributed by atoms with van der Waals surface area (Å²) in [5.41, 5.74) is 3.31. The van der Waals surface area contributed by atoms with Gasteiger partial charge in [-0.2, -0.15) is 0 Å². The third kappa shape index (κ3) is 5.55. The van der Waals surface area contributed by atoms with Crippen LogP contribution in [-0.2, 0) is 4.79 Å². The number of carbonyl (C=O) groups is 2. The van der Waals surface area contributed by atoms with E-state index >= 15 is 0 Å². The van der Waals surface area contributed by atoms with Crippen molar-refractivity contribution in [3.63, 3.8) is 0 Å².